The number of nitrogens with one attached hydrogen (secondary N) is 1. The van der Waals surface area contributed by atoms with Crippen molar-refractivity contribution in [3.05, 3.63) is 40.7 Å². The number of methoxy groups -OCH3 is 1. The number of hydrogen-bond acceptors (Lipinski definition) is 5. The van der Waals surface area contributed by atoms with E-state index in [-0.39, 0.29) is 20.9 Å². The monoisotopic (exact) mass is 334 g/mol. The van der Waals surface area contributed by atoms with Crippen LogP contribution in [0, 0.1) is 16.0 Å². The van der Waals surface area contributed by atoms with Crippen molar-refractivity contribution in [3.63, 3.8) is 0 Å². The van der Waals surface area contributed by atoms with E-state index in [0.717, 1.165) is 0 Å². The minimum Gasteiger partial charge on any atom is -0.497 e. The van der Waals surface area contributed by atoms with Crippen molar-refractivity contribution >= 4 is 22.1 Å². The van der Waals surface area contributed by atoms with E-state index in [2.05, 4.69) is 4.98 Å². The standard InChI is InChI=1S/C15H14N2O3S2/c1-3-22(18,19)13-9-17-15(21)12(8-16)14(13)10-4-6-11(20-2)7-5-10/h4-7,9H,3H2,1-2H3,(H,17,21). The van der Waals surface area contributed by atoms with Gasteiger partial charge in [0.1, 0.15) is 16.5 Å². The van der Waals surface area contributed by atoms with E-state index < -0.39 is 9.84 Å². The molecule has 0 radical (unpaired) electrons. The first kappa shape index (κ1) is 16.2. The molecule has 0 bridgehead atoms. The maximum atomic E-state index is 12.3. The van der Waals surface area contributed by atoms with Crippen LogP contribution < -0.4 is 4.74 Å². The molecule has 0 aliphatic carbocycles. The number of aromatic nitrogens is 1. The molecule has 0 spiro atoms. The predicted octanol–water partition coefficient (Wildman–Crippen LogP) is 3.09. The fraction of sp³-hybridized carbons (Fsp3) is 0.200. The van der Waals surface area contributed by atoms with E-state index in [0.29, 0.717) is 16.9 Å². The average molecular weight is 334 g/mol. The smallest absolute Gasteiger partial charge is 0.180 e. The summed E-state index contributed by atoms with van der Waals surface area (Å²) < 4.78 is 29.9. The van der Waals surface area contributed by atoms with E-state index in [1.807, 2.05) is 6.07 Å². The van der Waals surface area contributed by atoms with Gasteiger partial charge >= 0.3 is 0 Å². The molecule has 1 aromatic carbocycles. The van der Waals surface area contributed by atoms with E-state index in [9.17, 15) is 13.7 Å². The zero-order valence-electron chi connectivity index (χ0n) is 12.1. The second-order valence-corrected chi connectivity index (χ2v) is 7.13. The van der Waals surface area contributed by atoms with E-state index in [1.165, 1.54) is 6.20 Å². The first-order valence-corrected chi connectivity index (χ1v) is 8.53. The molecular formula is C15H14N2O3S2. The molecule has 0 saturated heterocycles. The number of H-pyrrole nitrogens is 1. The van der Waals surface area contributed by atoms with Crippen LogP contribution in [0.3, 0.4) is 0 Å². The summed E-state index contributed by atoms with van der Waals surface area (Å²) in [4.78, 5) is 2.76. The van der Waals surface area contributed by atoms with Crippen LogP contribution in [-0.4, -0.2) is 26.3 Å². The molecule has 0 aliphatic rings. The molecular weight excluding hydrogens is 320 g/mol. The van der Waals surface area contributed by atoms with Crippen LogP contribution in [0.1, 0.15) is 12.5 Å². The Balaban J connectivity index is 2.84. The van der Waals surface area contributed by atoms with Gasteiger partial charge in [-0.1, -0.05) is 31.3 Å². The number of benzene rings is 1. The molecule has 1 aromatic heterocycles. The summed E-state index contributed by atoms with van der Waals surface area (Å²) in [5, 5.41) is 9.37. The van der Waals surface area contributed by atoms with Crippen LogP contribution in [0.15, 0.2) is 35.4 Å². The highest BCUT2D eigenvalue weighted by atomic mass is 32.2. The highest BCUT2D eigenvalue weighted by molar-refractivity contribution is 7.91. The summed E-state index contributed by atoms with van der Waals surface area (Å²) in [5.74, 6) is 0.578. The second-order valence-electron chi connectivity index (χ2n) is 4.48. The lowest BCUT2D eigenvalue weighted by Crippen LogP contribution is -2.08. The van der Waals surface area contributed by atoms with Crippen LogP contribution >= 0.6 is 12.2 Å². The Morgan fingerprint density at radius 2 is 1.95 bits per heavy atom. The largest absolute Gasteiger partial charge is 0.497 e. The Morgan fingerprint density at radius 3 is 2.45 bits per heavy atom. The summed E-state index contributed by atoms with van der Waals surface area (Å²) in [5.41, 5.74) is 1.08. The van der Waals surface area contributed by atoms with Gasteiger partial charge in [0.15, 0.2) is 9.84 Å². The Bertz CT molecular complexity index is 892. The molecule has 0 fully saturated rings. The number of hydrogen-bond donors (Lipinski definition) is 1. The van der Waals surface area contributed by atoms with Gasteiger partial charge in [0, 0.05) is 11.8 Å². The average Bonchev–Trinajstić information content (AvgIpc) is 2.54. The van der Waals surface area contributed by atoms with Gasteiger partial charge in [0.25, 0.3) is 0 Å². The predicted molar refractivity (Wildman–Crippen MR) is 86.1 cm³/mol. The number of rotatable bonds is 4. The normalized spacial score (nSPS) is 11.0. The minimum absolute atomic E-state index is 0.0639. The zero-order valence-corrected chi connectivity index (χ0v) is 13.7. The summed E-state index contributed by atoms with van der Waals surface area (Å²) in [6.45, 7) is 1.56. The van der Waals surface area contributed by atoms with Crippen molar-refractivity contribution in [2.24, 2.45) is 0 Å². The molecule has 2 aromatic rings. The second kappa shape index (κ2) is 6.30. The fourth-order valence-corrected chi connectivity index (χ4v) is 3.35. The highest BCUT2D eigenvalue weighted by Crippen LogP contribution is 2.32. The quantitative estimate of drug-likeness (QED) is 0.869. The summed E-state index contributed by atoms with van der Waals surface area (Å²) in [6.07, 6.45) is 1.35. The van der Waals surface area contributed by atoms with Gasteiger partial charge in [-0.15, -0.1) is 0 Å². The third-order valence-electron chi connectivity index (χ3n) is 3.26. The van der Waals surface area contributed by atoms with Gasteiger partial charge in [-0.2, -0.15) is 5.26 Å². The molecule has 1 N–H and O–H groups in total. The molecule has 22 heavy (non-hydrogen) atoms. The first-order chi connectivity index (χ1) is 10.4. The maximum absolute atomic E-state index is 12.3. The fourth-order valence-electron chi connectivity index (χ4n) is 2.06. The molecule has 114 valence electrons. The Labute approximate surface area is 134 Å². The lowest BCUT2D eigenvalue weighted by Gasteiger charge is -2.12. The zero-order chi connectivity index (χ0) is 16.3. The number of nitrogens with zero attached hydrogens (tertiary/aromatic N) is 1. The van der Waals surface area contributed by atoms with Crippen LogP contribution in [0.25, 0.3) is 11.1 Å². The van der Waals surface area contributed by atoms with Crippen LogP contribution in [0.5, 0.6) is 5.75 Å². The molecule has 2 rings (SSSR count). The molecule has 5 nitrogen and oxygen atoms in total. The lowest BCUT2D eigenvalue weighted by molar-refractivity contribution is 0.415. The first-order valence-electron chi connectivity index (χ1n) is 6.47. The SMILES string of the molecule is CCS(=O)(=O)c1c[nH]c(=S)c(C#N)c1-c1ccc(OC)cc1. The van der Waals surface area contributed by atoms with E-state index in [1.54, 1.807) is 38.3 Å². The van der Waals surface area contributed by atoms with Crippen molar-refractivity contribution < 1.29 is 13.2 Å². The number of aromatic amines is 1. The third kappa shape index (κ3) is 2.89. The molecule has 0 amide bonds. The molecule has 0 saturated carbocycles. The van der Waals surface area contributed by atoms with Gasteiger partial charge < -0.3 is 9.72 Å². The van der Waals surface area contributed by atoms with Gasteiger partial charge in [-0.05, 0) is 17.7 Å². The summed E-state index contributed by atoms with van der Waals surface area (Å²) in [6, 6.07) is 8.82. The van der Waals surface area contributed by atoms with Gasteiger partial charge in [0.2, 0.25) is 0 Å². The number of sulfone groups is 1. The Kier molecular flexibility index (Phi) is 4.64. The molecule has 0 unspecified atom stereocenters. The lowest BCUT2D eigenvalue weighted by atomic mass is 10.0. The number of ether oxygens (including phenoxy) is 1. The van der Waals surface area contributed by atoms with Gasteiger partial charge in [-0.25, -0.2) is 8.42 Å². The van der Waals surface area contributed by atoms with Crippen molar-refractivity contribution in [3.8, 4) is 22.9 Å². The minimum atomic E-state index is -3.50. The van der Waals surface area contributed by atoms with Crippen molar-refractivity contribution in [2.45, 2.75) is 11.8 Å². The number of pyridine rings is 1. The molecule has 0 aliphatic heterocycles. The topological polar surface area (TPSA) is 83.0 Å². The summed E-state index contributed by atoms with van der Waals surface area (Å²) in [7, 11) is -1.96. The van der Waals surface area contributed by atoms with Crippen molar-refractivity contribution in [1.82, 2.24) is 4.98 Å². The molecule has 1 heterocycles. The van der Waals surface area contributed by atoms with Crippen LogP contribution in [0.4, 0.5) is 0 Å². The van der Waals surface area contributed by atoms with E-state index in [4.69, 9.17) is 17.0 Å². The summed E-state index contributed by atoms with van der Waals surface area (Å²) >= 11 is 5.11. The van der Waals surface area contributed by atoms with Crippen LogP contribution in [-0.2, 0) is 9.84 Å². The van der Waals surface area contributed by atoms with Gasteiger partial charge in [-0.3, -0.25) is 0 Å². The highest BCUT2D eigenvalue weighted by Gasteiger charge is 2.22. The van der Waals surface area contributed by atoms with Crippen molar-refractivity contribution in [2.75, 3.05) is 12.9 Å². The van der Waals surface area contributed by atoms with E-state index >= 15 is 0 Å². The Hall–Kier alpha value is -2.17. The number of nitriles is 1. The third-order valence-corrected chi connectivity index (χ3v) is 5.34. The molecule has 7 heteroatoms. The van der Waals surface area contributed by atoms with Gasteiger partial charge in [0.05, 0.1) is 23.3 Å². The Morgan fingerprint density at radius 1 is 1.32 bits per heavy atom. The van der Waals surface area contributed by atoms with Crippen molar-refractivity contribution in [1.29, 1.82) is 5.26 Å². The maximum Gasteiger partial charge on any atom is 0.180 e. The van der Waals surface area contributed by atoms with Crippen LogP contribution in [0.2, 0.25) is 0 Å². The molecule has 0 atom stereocenters.